The van der Waals surface area contributed by atoms with Crippen LogP contribution < -0.4 is 4.74 Å². The van der Waals surface area contributed by atoms with E-state index in [0.29, 0.717) is 6.61 Å². The van der Waals surface area contributed by atoms with E-state index in [2.05, 4.69) is 9.97 Å². The Bertz CT molecular complexity index is 783. The van der Waals surface area contributed by atoms with Gasteiger partial charge in [-0.3, -0.25) is 4.98 Å². The summed E-state index contributed by atoms with van der Waals surface area (Å²) in [4.78, 5) is 9.16. The summed E-state index contributed by atoms with van der Waals surface area (Å²) in [6.45, 7) is 0.602. The van der Waals surface area contributed by atoms with Crippen LogP contribution in [0.4, 0.5) is 4.39 Å². The summed E-state index contributed by atoms with van der Waals surface area (Å²) >= 11 is 1.40. The van der Waals surface area contributed by atoms with Crippen molar-refractivity contribution in [1.29, 1.82) is 0 Å². The fraction of sp³-hybridized carbons (Fsp3) is 0.158. The predicted octanol–water partition coefficient (Wildman–Crippen LogP) is 4.78. The first-order chi connectivity index (χ1) is 11.8. The summed E-state index contributed by atoms with van der Waals surface area (Å²) in [5.41, 5.74) is 1.24. The molecule has 2 heterocycles. The predicted molar refractivity (Wildman–Crippen MR) is 92.8 cm³/mol. The van der Waals surface area contributed by atoms with Gasteiger partial charge in [0.15, 0.2) is 5.75 Å². The van der Waals surface area contributed by atoms with E-state index in [-0.39, 0.29) is 5.82 Å². The molecule has 0 N–H and O–H groups in total. The number of benzene rings is 1. The Labute approximate surface area is 144 Å². The summed E-state index contributed by atoms with van der Waals surface area (Å²) < 4.78 is 19.2. The second-order valence-electron chi connectivity index (χ2n) is 5.17. The van der Waals surface area contributed by atoms with Crippen LogP contribution >= 0.6 is 11.8 Å². The second-order valence-corrected chi connectivity index (χ2v) is 6.24. The molecule has 3 nitrogen and oxygen atoms in total. The third kappa shape index (κ3) is 4.80. The van der Waals surface area contributed by atoms with Gasteiger partial charge >= 0.3 is 0 Å². The van der Waals surface area contributed by atoms with Gasteiger partial charge in [-0.15, -0.1) is 0 Å². The molecule has 0 unspecified atom stereocenters. The van der Waals surface area contributed by atoms with Crippen molar-refractivity contribution in [2.45, 2.75) is 22.8 Å². The van der Waals surface area contributed by atoms with Crippen molar-refractivity contribution in [3.05, 3.63) is 78.5 Å². The van der Waals surface area contributed by atoms with Crippen LogP contribution in [0.15, 0.2) is 77.0 Å². The van der Waals surface area contributed by atoms with Crippen molar-refractivity contribution in [3.63, 3.8) is 0 Å². The SMILES string of the molecule is Fc1cccc(Sc2ncccc2OCCCc2ccncc2)c1. The molecule has 24 heavy (non-hydrogen) atoms. The molecule has 0 aliphatic heterocycles. The van der Waals surface area contributed by atoms with Crippen molar-refractivity contribution in [2.75, 3.05) is 6.61 Å². The first-order valence-corrected chi connectivity index (χ1v) is 8.53. The first kappa shape index (κ1) is 16.5. The van der Waals surface area contributed by atoms with E-state index < -0.39 is 0 Å². The monoisotopic (exact) mass is 340 g/mol. The lowest BCUT2D eigenvalue weighted by Crippen LogP contribution is -2.01. The van der Waals surface area contributed by atoms with E-state index in [0.717, 1.165) is 28.5 Å². The van der Waals surface area contributed by atoms with Gasteiger partial charge in [0.05, 0.1) is 6.61 Å². The zero-order chi connectivity index (χ0) is 16.6. The molecule has 0 bridgehead atoms. The maximum absolute atomic E-state index is 13.3. The highest BCUT2D eigenvalue weighted by Crippen LogP contribution is 2.33. The average Bonchev–Trinajstić information content (AvgIpc) is 2.61. The number of ether oxygens (including phenoxy) is 1. The molecule has 0 saturated carbocycles. The third-order valence-corrected chi connectivity index (χ3v) is 4.35. The molecule has 0 amide bonds. The fourth-order valence-corrected chi connectivity index (χ4v) is 3.10. The summed E-state index contributed by atoms with van der Waals surface area (Å²) in [6, 6.07) is 14.2. The average molecular weight is 340 g/mol. The van der Waals surface area contributed by atoms with Crippen molar-refractivity contribution >= 4 is 11.8 Å². The Balaban J connectivity index is 1.58. The fourth-order valence-electron chi connectivity index (χ4n) is 2.21. The van der Waals surface area contributed by atoms with Gasteiger partial charge < -0.3 is 4.74 Å². The van der Waals surface area contributed by atoms with Gasteiger partial charge in [0, 0.05) is 23.5 Å². The standard InChI is InChI=1S/C19H17FN2OS/c20-16-5-1-6-17(14-16)24-19-18(7-2-10-22-19)23-13-3-4-15-8-11-21-12-9-15/h1-2,5-12,14H,3-4,13H2. The topological polar surface area (TPSA) is 35.0 Å². The molecule has 122 valence electrons. The van der Waals surface area contributed by atoms with Crippen LogP contribution in [0, 0.1) is 5.82 Å². The van der Waals surface area contributed by atoms with Crippen molar-refractivity contribution in [2.24, 2.45) is 0 Å². The molecule has 0 atom stereocenters. The van der Waals surface area contributed by atoms with Crippen molar-refractivity contribution < 1.29 is 9.13 Å². The molecule has 1 aromatic carbocycles. The number of nitrogens with zero attached hydrogens (tertiary/aromatic N) is 2. The lowest BCUT2D eigenvalue weighted by atomic mass is 10.1. The molecule has 0 saturated heterocycles. The Morgan fingerprint density at radius 1 is 1.00 bits per heavy atom. The molecule has 3 aromatic rings. The number of halogens is 1. The van der Waals surface area contributed by atoms with Crippen LogP contribution in [0.2, 0.25) is 0 Å². The van der Waals surface area contributed by atoms with E-state index in [1.165, 1.54) is 29.5 Å². The number of hydrogen-bond acceptors (Lipinski definition) is 4. The highest BCUT2D eigenvalue weighted by atomic mass is 32.2. The quantitative estimate of drug-likeness (QED) is 0.580. The van der Waals surface area contributed by atoms with E-state index in [4.69, 9.17) is 4.74 Å². The van der Waals surface area contributed by atoms with Crippen LogP contribution in [0.5, 0.6) is 5.75 Å². The minimum absolute atomic E-state index is 0.254. The van der Waals surface area contributed by atoms with E-state index in [1.54, 1.807) is 24.7 Å². The summed E-state index contributed by atoms with van der Waals surface area (Å²) in [5.74, 6) is 0.470. The van der Waals surface area contributed by atoms with Crippen LogP contribution in [-0.2, 0) is 6.42 Å². The highest BCUT2D eigenvalue weighted by Gasteiger charge is 2.07. The molecule has 0 aliphatic rings. The van der Waals surface area contributed by atoms with E-state index >= 15 is 0 Å². The van der Waals surface area contributed by atoms with Gasteiger partial charge in [-0.1, -0.05) is 17.8 Å². The van der Waals surface area contributed by atoms with Crippen LogP contribution in [0.25, 0.3) is 0 Å². The smallest absolute Gasteiger partial charge is 0.151 e. The minimum atomic E-state index is -0.254. The van der Waals surface area contributed by atoms with Gasteiger partial charge in [0.25, 0.3) is 0 Å². The molecular weight excluding hydrogens is 323 g/mol. The van der Waals surface area contributed by atoms with Crippen LogP contribution in [0.3, 0.4) is 0 Å². The molecule has 0 spiro atoms. The zero-order valence-corrected chi connectivity index (χ0v) is 13.9. The van der Waals surface area contributed by atoms with Gasteiger partial charge in [-0.05, 0) is 60.9 Å². The molecule has 5 heteroatoms. The Hall–Kier alpha value is -2.40. The highest BCUT2D eigenvalue weighted by molar-refractivity contribution is 7.99. The maximum atomic E-state index is 13.3. The first-order valence-electron chi connectivity index (χ1n) is 7.71. The maximum Gasteiger partial charge on any atom is 0.151 e. The van der Waals surface area contributed by atoms with Gasteiger partial charge in [-0.25, -0.2) is 9.37 Å². The van der Waals surface area contributed by atoms with Crippen LogP contribution in [-0.4, -0.2) is 16.6 Å². The van der Waals surface area contributed by atoms with Crippen LogP contribution in [0.1, 0.15) is 12.0 Å². The molecular formula is C19H17FN2OS. The normalized spacial score (nSPS) is 10.5. The zero-order valence-electron chi connectivity index (χ0n) is 13.1. The lowest BCUT2D eigenvalue weighted by Gasteiger charge is -2.10. The minimum Gasteiger partial charge on any atom is -0.491 e. The van der Waals surface area contributed by atoms with Gasteiger partial charge in [0.1, 0.15) is 10.8 Å². The molecule has 0 aliphatic carbocycles. The van der Waals surface area contributed by atoms with Gasteiger partial charge in [-0.2, -0.15) is 0 Å². The molecule has 2 aromatic heterocycles. The molecule has 0 radical (unpaired) electrons. The number of rotatable bonds is 7. The number of aryl methyl sites for hydroxylation is 1. The van der Waals surface area contributed by atoms with Gasteiger partial charge in [0.2, 0.25) is 0 Å². The summed E-state index contributed by atoms with van der Waals surface area (Å²) in [7, 11) is 0. The number of hydrogen-bond donors (Lipinski definition) is 0. The summed E-state index contributed by atoms with van der Waals surface area (Å²) in [6.07, 6.45) is 7.15. The van der Waals surface area contributed by atoms with Crippen molar-refractivity contribution in [3.8, 4) is 5.75 Å². The Kier molecular flexibility index (Phi) is 5.80. The Morgan fingerprint density at radius 2 is 1.88 bits per heavy atom. The molecule has 0 fully saturated rings. The lowest BCUT2D eigenvalue weighted by molar-refractivity contribution is 0.301. The summed E-state index contributed by atoms with van der Waals surface area (Å²) in [5, 5.41) is 0.743. The van der Waals surface area contributed by atoms with Crippen molar-refractivity contribution in [1.82, 2.24) is 9.97 Å². The Morgan fingerprint density at radius 3 is 2.71 bits per heavy atom. The largest absolute Gasteiger partial charge is 0.491 e. The number of aromatic nitrogens is 2. The second kappa shape index (κ2) is 8.45. The van der Waals surface area contributed by atoms with E-state index in [1.807, 2.05) is 30.3 Å². The number of pyridine rings is 2. The third-order valence-electron chi connectivity index (χ3n) is 3.36. The molecule has 3 rings (SSSR count). The van der Waals surface area contributed by atoms with E-state index in [9.17, 15) is 4.39 Å².